The first-order valence-electron chi connectivity index (χ1n) is 10.1. The molecule has 1 saturated heterocycles. The van der Waals surface area contributed by atoms with Gasteiger partial charge in [-0.1, -0.05) is 42.0 Å². The predicted molar refractivity (Wildman–Crippen MR) is 114 cm³/mol. The number of nitrogens with one attached hydrogen (secondary N) is 1. The minimum atomic E-state index is -4.40. The molecule has 1 aromatic heterocycles. The second-order valence-corrected chi connectivity index (χ2v) is 7.75. The quantitative estimate of drug-likeness (QED) is 0.634. The zero-order valence-electron chi connectivity index (χ0n) is 17.0. The third-order valence-corrected chi connectivity index (χ3v) is 5.45. The number of hydrogen-bond donors (Lipinski definition) is 1. The van der Waals surface area contributed by atoms with Crippen molar-refractivity contribution in [3.63, 3.8) is 0 Å². The van der Waals surface area contributed by atoms with E-state index in [1.807, 2.05) is 48.2 Å². The van der Waals surface area contributed by atoms with Gasteiger partial charge in [0.25, 0.3) is 5.91 Å². The smallest absolute Gasteiger partial charge is 0.354 e. The molecule has 1 aliphatic heterocycles. The Morgan fingerprint density at radius 2 is 1.65 bits per heavy atom. The second kappa shape index (κ2) is 8.41. The van der Waals surface area contributed by atoms with Crippen LogP contribution in [0.1, 0.15) is 27.9 Å². The maximum atomic E-state index is 12.7. The van der Waals surface area contributed by atoms with Crippen LogP contribution in [0.5, 0.6) is 0 Å². The lowest BCUT2D eigenvalue weighted by atomic mass is 10.0. The largest absolute Gasteiger partial charge is 0.417 e. The van der Waals surface area contributed by atoms with Crippen molar-refractivity contribution in [1.82, 2.24) is 10.3 Å². The van der Waals surface area contributed by atoms with Crippen molar-refractivity contribution in [3.05, 3.63) is 83.6 Å². The van der Waals surface area contributed by atoms with E-state index in [-0.39, 0.29) is 11.9 Å². The molecule has 2 heterocycles. The number of hydrogen-bond acceptors (Lipinski definition) is 3. The summed E-state index contributed by atoms with van der Waals surface area (Å²) in [5.41, 5.74) is 3.12. The molecule has 1 fully saturated rings. The molecule has 1 amide bonds. The van der Waals surface area contributed by atoms with Crippen molar-refractivity contribution in [2.75, 3.05) is 18.0 Å². The monoisotopic (exact) mass is 425 g/mol. The average Bonchev–Trinajstić information content (AvgIpc) is 3.22. The number of carbonyl (C=O) groups excluding carboxylic acids is 1. The van der Waals surface area contributed by atoms with Crippen molar-refractivity contribution in [1.29, 1.82) is 0 Å². The van der Waals surface area contributed by atoms with Crippen LogP contribution in [0, 0.1) is 6.92 Å². The Morgan fingerprint density at radius 1 is 1.00 bits per heavy atom. The van der Waals surface area contributed by atoms with E-state index < -0.39 is 11.7 Å². The molecular weight excluding hydrogens is 403 g/mol. The number of aryl methyl sites for hydroxylation is 1. The van der Waals surface area contributed by atoms with Crippen LogP contribution in [-0.2, 0) is 6.18 Å². The Morgan fingerprint density at radius 3 is 2.23 bits per heavy atom. The Labute approximate surface area is 178 Å². The lowest BCUT2D eigenvalue weighted by molar-refractivity contribution is -0.137. The maximum Gasteiger partial charge on any atom is 0.417 e. The van der Waals surface area contributed by atoms with Gasteiger partial charge in [-0.25, -0.2) is 4.98 Å². The predicted octanol–water partition coefficient (Wildman–Crippen LogP) is 5.08. The van der Waals surface area contributed by atoms with Gasteiger partial charge in [-0.2, -0.15) is 13.2 Å². The SMILES string of the molecule is Cc1ccc(-c2ccc(C(=O)NC3CCN(c4ccc(C(F)(F)F)cn4)C3)cc2)cc1. The lowest BCUT2D eigenvalue weighted by Crippen LogP contribution is -2.37. The molecule has 7 heteroatoms. The normalized spacial score (nSPS) is 16.4. The number of halogens is 3. The maximum absolute atomic E-state index is 12.7. The number of anilines is 1. The van der Waals surface area contributed by atoms with Crippen LogP contribution in [0.25, 0.3) is 11.1 Å². The fourth-order valence-electron chi connectivity index (χ4n) is 3.66. The van der Waals surface area contributed by atoms with Crippen LogP contribution < -0.4 is 10.2 Å². The third-order valence-electron chi connectivity index (χ3n) is 5.45. The fourth-order valence-corrected chi connectivity index (χ4v) is 3.66. The van der Waals surface area contributed by atoms with E-state index in [4.69, 9.17) is 0 Å². The first kappa shape index (κ1) is 20.9. The minimum Gasteiger partial charge on any atom is -0.354 e. The van der Waals surface area contributed by atoms with Gasteiger partial charge in [-0.05, 0) is 48.7 Å². The molecule has 3 aromatic rings. The first-order valence-corrected chi connectivity index (χ1v) is 10.1. The standard InChI is InChI=1S/C24H22F3N3O/c1-16-2-4-17(5-3-16)18-6-8-19(9-7-18)23(31)29-21-12-13-30(15-21)22-11-10-20(14-28-22)24(25,26)27/h2-11,14,21H,12-13,15H2,1H3,(H,29,31). The average molecular weight is 425 g/mol. The van der Waals surface area contributed by atoms with E-state index >= 15 is 0 Å². The van der Waals surface area contributed by atoms with Gasteiger partial charge in [0.15, 0.2) is 0 Å². The fraction of sp³-hybridized carbons (Fsp3) is 0.250. The highest BCUT2D eigenvalue weighted by atomic mass is 19.4. The van der Waals surface area contributed by atoms with Crippen molar-refractivity contribution in [2.45, 2.75) is 25.6 Å². The van der Waals surface area contributed by atoms with Gasteiger partial charge in [0.2, 0.25) is 0 Å². The number of nitrogens with zero attached hydrogens (tertiary/aromatic N) is 2. The Balaban J connectivity index is 1.35. The highest BCUT2D eigenvalue weighted by Gasteiger charge is 2.31. The summed E-state index contributed by atoms with van der Waals surface area (Å²) in [7, 11) is 0. The zero-order valence-corrected chi connectivity index (χ0v) is 17.0. The Hall–Kier alpha value is -3.35. The number of amides is 1. The highest BCUT2D eigenvalue weighted by molar-refractivity contribution is 5.95. The molecule has 0 bridgehead atoms. The van der Waals surface area contributed by atoms with Crippen LogP contribution in [0.4, 0.5) is 19.0 Å². The van der Waals surface area contributed by atoms with Gasteiger partial charge in [0, 0.05) is 30.9 Å². The summed E-state index contributed by atoms with van der Waals surface area (Å²) in [6, 6.07) is 18.0. The highest BCUT2D eigenvalue weighted by Crippen LogP contribution is 2.30. The lowest BCUT2D eigenvalue weighted by Gasteiger charge is -2.18. The van der Waals surface area contributed by atoms with Gasteiger partial charge >= 0.3 is 6.18 Å². The van der Waals surface area contributed by atoms with E-state index in [0.29, 0.717) is 30.9 Å². The molecule has 2 aromatic carbocycles. The number of pyridine rings is 1. The summed E-state index contributed by atoms with van der Waals surface area (Å²) in [5, 5.41) is 3.01. The molecule has 160 valence electrons. The van der Waals surface area contributed by atoms with Crippen LogP contribution in [0.15, 0.2) is 66.9 Å². The molecule has 4 nitrogen and oxygen atoms in total. The van der Waals surface area contributed by atoms with Crippen molar-refractivity contribution in [2.24, 2.45) is 0 Å². The van der Waals surface area contributed by atoms with Gasteiger partial charge in [0.05, 0.1) is 5.56 Å². The van der Waals surface area contributed by atoms with Crippen molar-refractivity contribution in [3.8, 4) is 11.1 Å². The molecule has 1 N–H and O–H groups in total. The van der Waals surface area contributed by atoms with Crippen LogP contribution in [0.3, 0.4) is 0 Å². The zero-order chi connectivity index (χ0) is 22.0. The molecular formula is C24H22F3N3O. The summed E-state index contributed by atoms with van der Waals surface area (Å²) in [5.74, 6) is 0.315. The molecule has 0 saturated carbocycles. The van der Waals surface area contributed by atoms with Crippen LogP contribution in [-0.4, -0.2) is 30.0 Å². The summed E-state index contributed by atoms with van der Waals surface area (Å²) < 4.78 is 38.1. The summed E-state index contributed by atoms with van der Waals surface area (Å²) >= 11 is 0. The molecule has 4 rings (SSSR count). The molecule has 1 aliphatic rings. The third kappa shape index (κ3) is 4.87. The van der Waals surface area contributed by atoms with Crippen molar-refractivity contribution >= 4 is 11.7 Å². The van der Waals surface area contributed by atoms with E-state index in [1.165, 1.54) is 11.6 Å². The van der Waals surface area contributed by atoms with Gasteiger partial charge in [-0.3, -0.25) is 4.79 Å². The van der Waals surface area contributed by atoms with Gasteiger partial charge in [-0.15, -0.1) is 0 Å². The molecule has 0 radical (unpaired) electrons. The summed E-state index contributed by atoms with van der Waals surface area (Å²) in [6.45, 7) is 3.16. The molecule has 1 unspecified atom stereocenters. The summed E-state index contributed by atoms with van der Waals surface area (Å²) in [4.78, 5) is 18.4. The van der Waals surface area contributed by atoms with Crippen LogP contribution >= 0.6 is 0 Å². The van der Waals surface area contributed by atoms with E-state index in [2.05, 4.69) is 10.3 Å². The van der Waals surface area contributed by atoms with E-state index in [9.17, 15) is 18.0 Å². The molecule has 1 atom stereocenters. The van der Waals surface area contributed by atoms with Crippen molar-refractivity contribution < 1.29 is 18.0 Å². The number of benzene rings is 2. The molecule has 0 aliphatic carbocycles. The number of alkyl halides is 3. The number of carbonyl (C=O) groups is 1. The van der Waals surface area contributed by atoms with E-state index in [0.717, 1.165) is 23.4 Å². The van der Waals surface area contributed by atoms with Gasteiger partial charge in [0.1, 0.15) is 5.82 Å². The van der Waals surface area contributed by atoms with E-state index in [1.54, 1.807) is 12.1 Å². The Bertz CT molecular complexity index is 1050. The number of aromatic nitrogens is 1. The minimum absolute atomic E-state index is 0.0895. The molecule has 31 heavy (non-hydrogen) atoms. The number of rotatable bonds is 4. The summed E-state index contributed by atoms with van der Waals surface area (Å²) in [6.07, 6.45) is -2.85. The topological polar surface area (TPSA) is 45.2 Å². The molecule has 0 spiro atoms. The second-order valence-electron chi connectivity index (χ2n) is 7.75. The van der Waals surface area contributed by atoms with Gasteiger partial charge < -0.3 is 10.2 Å². The van der Waals surface area contributed by atoms with Crippen LogP contribution in [0.2, 0.25) is 0 Å². The first-order chi connectivity index (χ1) is 14.8. The Kier molecular flexibility index (Phi) is 5.67.